The molecule has 2 heteroatoms. The maximum Gasteiger partial charge on any atom is 0.0161 e. The molecule has 0 aromatic rings. The van der Waals surface area contributed by atoms with E-state index in [1.165, 1.54) is 6.42 Å². The molecule has 1 N–H and O–H groups in total. The Bertz CT molecular complexity index is 39.1. The minimum atomic E-state index is 0.755. The number of nitrogens with one attached hydrogen (secondary N) is 1. The van der Waals surface area contributed by atoms with Crippen LogP contribution in [0.4, 0.5) is 0 Å². The van der Waals surface area contributed by atoms with E-state index < -0.39 is 0 Å². The van der Waals surface area contributed by atoms with Crippen LogP contribution in [0.1, 0.15) is 20.3 Å². The van der Waals surface area contributed by atoms with Crippen molar-refractivity contribution < 1.29 is 0 Å². The van der Waals surface area contributed by atoms with Crippen molar-refractivity contribution in [3.63, 3.8) is 0 Å². The zero-order valence-electron chi connectivity index (χ0n) is 5.19. The monoisotopic (exact) mass is 119 g/mol. The lowest BCUT2D eigenvalue weighted by atomic mass is 10.4. The third-order valence-corrected chi connectivity index (χ3v) is 1.87. The summed E-state index contributed by atoms with van der Waals surface area (Å²) < 4.78 is 3.04. The SMILES string of the molecule is CCC(C)SNC. The van der Waals surface area contributed by atoms with E-state index in [2.05, 4.69) is 18.6 Å². The largest absolute Gasteiger partial charge is 0.267 e. The van der Waals surface area contributed by atoms with Crippen LogP contribution in [0, 0.1) is 0 Å². The van der Waals surface area contributed by atoms with Gasteiger partial charge in [0, 0.05) is 5.25 Å². The van der Waals surface area contributed by atoms with Gasteiger partial charge in [0.15, 0.2) is 0 Å². The van der Waals surface area contributed by atoms with Crippen molar-refractivity contribution in [1.29, 1.82) is 0 Å². The molecule has 0 aliphatic carbocycles. The van der Waals surface area contributed by atoms with Crippen LogP contribution in [-0.2, 0) is 0 Å². The first kappa shape index (κ1) is 7.31. The normalized spacial score (nSPS) is 14.1. The number of hydrogen-bond acceptors (Lipinski definition) is 2. The molecule has 0 aromatic carbocycles. The summed E-state index contributed by atoms with van der Waals surface area (Å²) in [5, 5.41) is 0.755. The smallest absolute Gasteiger partial charge is 0.0161 e. The van der Waals surface area contributed by atoms with Crippen LogP contribution in [0.2, 0.25) is 0 Å². The van der Waals surface area contributed by atoms with Crippen LogP contribution in [0.5, 0.6) is 0 Å². The number of rotatable bonds is 3. The maximum absolute atomic E-state index is 3.04. The van der Waals surface area contributed by atoms with Crippen LogP contribution < -0.4 is 4.72 Å². The summed E-state index contributed by atoms with van der Waals surface area (Å²) in [6.07, 6.45) is 1.24. The molecule has 7 heavy (non-hydrogen) atoms. The lowest BCUT2D eigenvalue weighted by molar-refractivity contribution is 0.900. The molecule has 0 saturated heterocycles. The van der Waals surface area contributed by atoms with E-state index in [9.17, 15) is 0 Å². The van der Waals surface area contributed by atoms with Gasteiger partial charge in [0.25, 0.3) is 0 Å². The molecular formula is C5H13NS. The Hall–Kier alpha value is 0.310. The van der Waals surface area contributed by atoms with Gasteiger partial charge in [0.05, 0.1) is 0 Å². The highest BCUT2D eigenvalue weighted by atomic mass is 32.2. The highest BCUT2D eigenvalue weighted by Gasteiger charge is 1.92. The second-order valence-electron chi connectivity index (χ2n) is 1.54. The van der Waals surface area contributed by atoms with Crippen molar-refractivity contribution in [2.24, 2.45) is 0 Å². The third-order valence-electron chi connectivity index (χ3n) is 0.894. The van der Waals surface area contributed by atoms with Gasteiger partial charge in [-0.05, 0) is 13.5 Å². The first-order valence-electron chi connectivity index (χ1n) is 2.63. The summed E-state index contributed by atoms with van der Waals surface area (Å²) in [4.78, 5) is 0. The molecule has 0 radical (unpaired) electrons. The minimum Gasteiger partial charge on any atom is -0.267 e. The fraction of sp³-hybridized carbons (Fsp3) is 1.00. The van der Waals surface area contributed by atoms with Crippen molar-refractivity contribution in [1.82, 2.24) is 4.72 Å². The maximum atomic E-state index is 3.04. The Morgan fingerprint density at radius 1 is 1.71 bits per heavy atom. The molecule has 1 atom stereocenters. The molecular weight excluding hydrogens is 106 g/mol. The zero-order chi connectivity index (χ0) is 5.70. The van der Waals surface area contributed by atoms with Crippen molar-refractivity contribution in [3.05, 3.63) is 0 Å². The van der Waals surface area contributed by atoms with Gasteiger partial charge in [-0.3, -0.25) is 4.72 Å². The van der Waals surface area contributed by atoms with E-state index in [-0.39, 0.29) is 0 Å². The van der Waals surface area contributed by atoms with Gasteiger partial charge in [-0.15, -0.1) is 0 Å². The van der Waals surface area contributed by atoms with Gasteiger partial charge in [0.1, 0.15) is 0 Å². The van der Waals surface area contributed by atoms with Gasteiger partial charge in [0.2, 0.25) is 0 Å². The summed E-state index contributed by atoms with van der Waals surface area (Å²) in [5.41, 5.74) is 0. The van der Waals surface area contributed by atoms with Crippen molar-refractivity contribution in [3.8, 4) is 0 Å². The van der Waals surface area contributed by atoms with Crippen molar-refractivity contribution >= 4 is 11.9 Å². The summed E-state index contributed by atoms with van der Waals surface area (Å²) in [6, 6.07) is 0. The topological polar surface area (TPSA) is 12.0 Å². The Labute approximate surface area is 50.0 Å². The number of hydrogen-bond donors (Lipinski definition) is 1. The second kappa shape index (κ2) is 4.47. The van der Waals surface area contributed by atoms with Crippen LogP contribution in [0.25, 0.3) is 0 Å². The minimum absolute atomic E-state index is 0.755. The van der Waals surface area contributed by atoms with Gasteiger partial charge >= 0.3 is 0 Å². The van der Waals surface area contributed by atoms with E-state index in [0.29, 0.717) is 0 Å². The first-order valence-corrected chi connectivity index (χ1v) is 3.51. The predicted molar refractivity (Wildman–Crippen MR) is 36.4 cm³/mol. The molecule has 1 nitrogen and oxygen atoms in total. The summed E-state index contributed by atoms with van der Waals surface area (Å²) in [6.45, 7) is 4.40. The summed E-state index contributed by atoms with van der Waals surface area (Å²) in [7, 11) is 1.96. The molecule has 0 bridgehead atoms. The van der Waals surface area contributed by atoms with E-state index in [4.69, 9.17) is 0 Å². The Balaban J connectivity index is 2.83. The van der Waals surface area contributed by atoms with Gasteiger partial charge in [-0.2, -0.15) is 0 Å². The lowest BCUT2D eigenvalue weighted by Crippen LogP contribution is -2.01. The molecule has 0 saturated carbocycles. The molecule has 0 aromatic heterocycles. The Morgan fingerprint density at radius 3 is 2.43 bits per heavy atom. The molecule has 0 amide bonds. The lowest BCUT2D eigenvalue weighted by Gasteiger charge is -2.03. The Morgan fingerprint density at radius 2 is 2.29 bits per heavy atom. The first-order chi connectivity index (χ1) is 3.31. The quantitative estimate of drug-likeness (QED) is 0.567. The highest BCUT2D eigenvalue weighted by Crippen LogP contribution is 2.06. The molecule has 0 rings (SSSR count). The second-order valence-corrected chi connectivity index (χ2v) is 2.99. The predicted octanol–water partition coefficient (Wildman–Crippen LogP) is 1.65. The molecule has 0 heterocycles. The van der Waals surface area contributed by atoms with Crippen molar-refractivity contribution in [2.45, 2.75) is 25.5 Å². The van der Waals surface area contributed by atoms with Crippen LogP contribution in [-0.4, -0.2) is 12.3 Å². The highest BCUT2D eigenvalue weighted by molar-refractivity contribution is 7.97. The van der Waals surface area contributed by atoms with E-state index in [1.54, 1.807) is 11.9 Å². The fourth-order valence-corrected chi connectivity index (χ4v) is 0.854. The van der Waals surface area contributed by atoms with Gasteiger partial charge in [-0.1, -0.05) is 25.8 Å². The van der Waals surface area contributed by atoms with Crippen LogP contribution in [0.3, 0.4) is 0 Å². The van der Waals surface area contributed by atoms with Crippen LogP contribution in [0.15, 0.2) is 0 Å². The molecule has 0 aliphatic rings. The third kappa shape index (κ3) is 4.16. The fourth-order valence-electron chi connectivity index (χ4n) is 0.285. The summed E-state index contributed by atoms with van der Waals surface area (Å²) >= 11 is 1.78. The average molecular weight is 119 g/mol. The van der Waals surface area contributed by atoms with E-state index >= 15 is 0 Å². The molecule has 0 fully saturated rings. The average Bonchev–Trinajstić information content (AvgIpc) is 1.68. The Kier molecular flexibility index (Phi) is 4.67. The molecule has 0 aliphatic heterocycles. The van der Waals surface area contributed by atoms with Crippen molar-refractivity contribution in [2.75, 3.05) is 7.05 Å². The van der Waals surface area contributed by atoms with Gasteiger partial charge < -0.3 is 0 Å². The van der Waals surface area contributed by atoms with E-state index in [0.717, 1.165) is 5.25 Å². The van der Waals surface area contributed by atoms with Crippen LogP contribution >= 0.6 is 11.9 Å². The molecule has 0 spiro atoms. The molecule has 44 valence electrons. The van der Waals surface area contributed by atoms with Gasteiger partial charge in [-0.25, -0.2) is 0 Å². The zero-order valence-corrected chi connectivity index (χ0v) is 6.01. The standard InChI is InChI=1S/C5H13NS/c1-4-5(2)7-6-3/h5-6H,4H2,1-3H3. The summed E-state index contributed by atoms with van der Waals surface area (Å²) in [5.74, 6) is 0. The van der Waals surface area contributed by atoms with E-state index in [1.807, 2.05) is 7.05 Å². The molecule has 1 unspecified atom stereocenters.